The molecule has 1 aromatic rings. The Morgan fingerprint density at radius 3 is 2.62 bits per heavy atom. The molecule has 88 valence electrons. The zero-order valence-corrected chi connectivity index (χ0v) is 11.1. The molecule has 0 bridgehead atoms. The highest BCUT2D eigenvalue weighted by Gasteiger charge is 2.27. The first-order valence-corrected chi connectivity index (χ1v) is 6.35. The number of nitrogens with one attached hydrogen (secondary N) is 1. The van der Waals surface area contributed by atoms with E-state index in [1.807, 2.05) is 4.90 Å². The monoisotopic (exact) mass is 285 g/mol. The molecule has 2 rings (SSSR count). The summed E-state index contributed by atoms with van der Waals surface area (Å²) in [4.78, 5) is 14.1. The lowest BCUT2D eigenvalue weighted by Crippen LogP contribution is -2.42. The van der Waals surface area contributed by atoms with Crippen molar-refractivity contribution in [3.63, 3.8) is 0 Å². The first kappa shape index (κ1) is 11.6. The van der Waals surface area contributed by atoms with E-state index in [1.165, 1.54) is 6.42 Å². The molecule has 0 saturated carbocycles. The number of hydrogen-bond donors (Lipinski definition) is 1. The number of amides is 1. The van der Waals surface area contributed by atoms with Crippen LogP contribution in [0.4, 0.5) is 0 Å². The normalized spacial score (nSPS) is 25.8. The summed E-state index contributed by atoms with van der Waals surface area (Å²) in [7, 11) is 0. The van der Waals surface area contributed by atoms with E-state index in [0.717, 1.165) is 17.6 Å². The molecular weight excluding hydrogens is 270 g/mol. The van der Waals surface area contributed by atoms with Gasteiger partial charge in [-0.1, -0.05) is 13.8 Å². The molecule has 16 heavy (non-hydrogen) atoms. The average molecular weight is 286 g/mol. The van der Waals surface area contributed by atoms with Gasteiger partial charge in [0.25, 0.3) is 5.91 Å². The third-order valence-electron chi connectivity index (χ3n) is 2.96. The molecule has 0 radical (unpaired) electrons. The number of piperidine rings is 1. The highest BCUT2D eigenvalue weighted by molar-refractivity contribution is 9.10. The number of hydrogen-bond acceptors (Lipinski definition) is 2. The molecule has 5 heteroatoms. The Hall–Kier alpha value is -0.840. The van der Waals surface area contributed by atoms with Crippen molar-refractivity contribution in [3.05, 3.63) is 16.4 Å². The maximum atomic E-state index is 12.2. The molecule has 2 atom stereocenters. The Bertz CT molecular complexity index is 380. The van der Waals surface area contributed by atoms with E-state index < -0.39 is 0 Å². The minimum Gasteiger partial charge on any atom is -0.337 e. The SMILES string of the molecule is C[C@@H]1C[C@H](C)CN(C(=O)c2[nH]ncc2Br)C1. The van der Waals surface area contributed by atoms with Gasteiger partial charge in [-0.2, -0.15) is 5.10 Å². The summed E-state index contributed by atoms with van der Waals surface area (Å²) in [5, 5.41) is 6.60. The van der Waals surface area contributed by atoms with Gasteiger partial charge in [0.2, 0.25) is 0 Å². The average Bonchev–Trinajstić information content (AvgIpc) is 2.62. The highest BCUT2D eigenvalue weighted by atomic mass is 79.9. The summed E-state index contributed by atoms with van der Waals surface area (Å²) in [6, 6.07) is 0. The summed E-state index contributed by atoms with van der Waals surface area (Å²) in [5.41, 5.74) is 0.557. The molecular formula is C11H16BrN3O. The van der Waals surface area contributed by atoms with E-state index in [0.29, 0.717) is 17.5 Å². The molecule has 4 nitrogen and oxygen atoms in total. The van der Waals surface area contributed by atoms with Gasteiger partial charge in [0.1, 0.15) is 5.69 Å². The summed E-state index contributed by atoms with van der Waals surface area (Å²) in [6.07, 6.45) is 2.82. The molecule has 1 fully saturated rings. The highest BCUT2D eigenvalue weighted by Crippen LogP contribution is 2.23. The third kappa shape index (κ3) is 2.29. The van der Waals surface area contributed by atoms with Crippen LogP contribution in [0.25, 0.3) is 0 Å². The van der Waals surface area contributed by atoms with Crippen molar-refractivity contribution < 1.29 is 4.79 Å². The number of carbonyl (C=O) groups is 1. The first-order valence-electron chi connectivity index (χ1n) is 5.56. The molecule has 1 aromatic heterocycles. The van der Waals surface area contributed by atoms with Gasteiger partial charge >= 0.3 is 0 Å². The van der Waals surface area contributed by atoms with Crippen molar-refractivity contribution in [1.29, 1.82) is 0 Å². The molecule has 1 aliphatic rings. The number of rotatable bonds is 1. The number of H-pyrrole nitrogens is 1. The second kappa shape index (κ2) is 4.57. The number of aromatic amines is 1. The first-order chi connectivity index (χ1) is 7.58. The number of likely N-dealkylation sites (tertiary alicyclic amines) is 1. The number of carbonyl (C=O) groups excluding carboxylic acids is 1. The van der Waals surface area contributed by atoms with Crippen LogP contribution < -0.4 is 0 Å². The summed E-state index contributed by atoms with van der Waals surface area (Å²) in [6.45, 7) is 6.07. The Morgan fingerprint density at radius 2 is 2.12 bits per heavy atom. The van der Waals surface area contributed by atoms with E-state index in [2.05, 4.69) is 40.0 Å². The molecule has 1 N–H and O–H groups in total. The van der Waals surface area contributed by atoms with Crippen LogP contribution in [0.3, 0.4) is 0 Å². The zero-order chi connectivity index (χ0) is 11.7. The maximum absolute atomic E-state index is 12.2. The van der Waals surface area contributed by atoms with E-state index in [4.69, 9.17) is 0 Å². The van der Waals surface area contributed by atoms with Gasteiger partial charge in [-0.3, -0.25) is 9.89 Å². The van der Waals surface area contributed by atoms with E-state index in [9.17, 15) is 4.79 Å². The van der Waals surface area contributed by atoms with Crippen LogP contribution in [-0.4, -0.2) is 34.1 Å². The van der Waals surface area contributed by atoms with Gasteiger partial charge in [-0.05, 0) is 34.2 Å². The van der Waals surface area contributed by atoms with Gasteiger partial charge in [-0.25, -0.2) is 0 Å². The molecule has 0 aromatic carbocycles. The smallest absolute Gasteiger partial charge is 0.273 e. The molecule has 0 spiro atoms. The van der Waals surface area contributed by atoms with Crippen LogP contribution in [-0.2, 0) is 0 Å². The van der Waals surface area contributed by atoms with Crippen LogP contribution in [0.15, 0.2) is 10.7 Å². The van der Waals surface area contributed by atoms with Gasteiger partial charge in [-0.15, -0.1) is 0 Å². The second-order valence-electron chi connectivity index (χ2n) is 4.75. The fraction of sp³-hybridized carbons (Fsp3) is 0.636. The van der Waals surface area contributed by atoms with Gasteiger partial charge < -0.3 is 4.90 Å². The number of halogens is 1. The van der Waals surface area contributed by atoms with Crippen molar-refractivity contribution in [1.82, 2.24) is 15.1 Å². The van der Waals surface area contributed by atoms with Crippen LogP contribution in [0, 0.1) is 11.8 Å². The zero-order valence-electron chi connectivity index (χ0n) is 9.53. The Labute approximate surface area is 104 Å². The minimum absolute atomic E-state index is 0.0442. The molecule has 0 unspecified atom stereocenters. The van der Waals surface area contributed by atoms with Gasteiger partial charge in [0, 0.05) is 13.1 Å². The summed E-state index contributed by atoms with van der Waals surface area (Å²) >= 11 is 3.32. The van der Waals surface area contributed by atoms with Crippen molar-refractivity contribution in [3.8, 4) is 0 Å². The molecule has 1 saturated heterocycles. The van der Waals surface area contributed by atoms with Crippen LogP contribution >= 0.6 is 15.9 Å². The summed E-state index contributed by atoms with van der Waals surface area (Å²) < 4.78 is 0.739. The Morgan fingerprint density at radius 1 is 1.50 bits per heavy atom. The molecule has 0 aliphatic carbocycles. The van der Waals surface area contributed by atoms with E-state index in [-0.39, 0.29) is 5.91 Å². The van der Waals surface area contributed by atoms with E-state index in [1.54, 1.807) is 6.20 Å². The Kier molecular flexibility index (Phi) is 3.33. The largest absolute Gasteiger partial charge is 0.337 e. The summed E-state index contributed by atoms with van der Waals surface area (Å²) in [5.74, 6) is 1.20. The third-order valence-corrected chi connectivity index (χ3v) is 3.56. The lowest BCUT2D eigenvalue weighted by atomic mass is 9.92. The Balaban J connectivity index is 2.13. The lowest BCUT2D eigenvalue weighted by Gasteiger charge is -2.34. The fourth-order valence-corrected chi connectivity index (χ4v) is 2.77. The van der Waals surface area contributed by atoms with Gasteiger partial charge in [0.05, 0.1) is 10.7 Å². The predicted molar refractivity (Wildman–Crippen MR) is 65.1 cm³/mol. The van der Waals surface area contributed by atoms with Gasteiger partial charge in [0.15, 0.2) is 0 Å². The van der Waals surface area contributed by atoms with Crippen LogP contribution in [0.1, 0.15) is 30.8 Å². The molecule has 2 heterocycles. The van der Waals surface area contributed by atoms with Crippen LogP contribution in [0.2, 0.25) is 0 Å². The quantitative estimate of drug-likeness (QED) is 0.861. The fourth-order valence-electron chi connectivity index (χ4n) is 2.41. The number of aromatic nitrogens is 2. The van der Waals surface area contributed by atoms with Crippen molar-refractivity contribution in [2.45, 2.75) is 20.3 Å². The minimum atomic E-state index is 0.0442. The van der Waals surface area contributed by atoms with Crippen LogP contribution in [0.5, 0.6) is 0 Å². The van der Waals surface area contributed by atoms with Crippen molar-refractivity contribution >= 4 is 21.8 Å². The number of nitrogens with zero attached hydrogens (tertiary/aromatic N) is 2. The maximum Gasteiger partial charge on any atom is 0.273 e. The van der Waals surface area contributed by atoms with Crippen molar-refractivity contribution in [2.24, 2.45) is 11.8 Å². The van der Waals surface area contributed by atoms with E-state index >= 15 is 0 Å². The molecule has 1 aliphatic heterocycles. The second-order valence-corrected chi connectivity index (χ2v) is 5.60. The predicted octanol–water partition coefficient (Wildman–Crippen LogP) is 2.29. The topological polar surface area (TPSA) is 49.0 Å². The lowest BCUT2D eigenvalue weighted by molar-refractivity contribution is 0.0616. The van der Waals surface area contributed by atoms with Crippen molar-refractivity contribution in [2.75, 3.05) is 13.1 Å². The molecule has 1 amide bonds. The standard InChI is InChI=1S/C11H16BrN3O/c1-7-3-8(2)6-15(5-7)11(16)10-9(12)4-13-14-10/h4,7-8H,3,5-6H2,1-2H3,(H,13,14)/t7-,8+.